The number of nitrogens with zero attached hydrogens (tertiary/aromatic N) is 5. The average Bonchev–Trinajstić information content (AvgIpc) is 3.26. The molecule has 1 aromatic heterocycles. The van der Waals surface area contributed by atoms with Gasteiger partial charge in [0.2, 0.25) is 0 Å². The zero-order valence-electron chi connectivity index (χ0n) is 17.1. The Hall–Kier alpha value is -3.56. The Kier molecular flexibility index (Phi) is 6.99. The SMILES string of the molecule is O=C(Nc1ccc(N=Nc2ccccc2)cc1)Nc1cnn(CCN2CCOCC2)c1. The van der Waals surface area contributed by atoms with E-state index < -0.39 is 0 Å². The molecule has 1 fully saturated rings. The smallest absolute Gasteiger partial charge is 0.323 e. The highest BCUT2D eigenvalue weighted by molar-refractivity contribution is 5.99. The molecule has 0 saturated carbocycles. The van der Waals surface area contributed by atoms with Crippen molar-refractivity contribution < 1.29 is 9.53 Å². The minimum atomic E-state index is -0.327. The number of benzene rings is 2. The van der Waals surface area contributed by atoms with Crippen molar-refractivity contribution in [2.24, 2.45) is 10.2 Å². The van der Waals surface area contributed by atoms with E-state index in [1.165, 1.54) is 0 Å². The van der Waals surface area contributed by atoms with Gasteiger partial charge in [-0.15, -0.1) is 0 Å². The lowest BCUT2D eigenvalue weighted by Crippen LogP contribution is -2.38. The lowest BCUT2D eigenvalue weighted by Gasteiger charge is -2.26. The molecule has 1 aliphatic heterocycles. The summed E-state index contributed by atoms with van der Waals surface area (Å²) in [5, 5.41) is 18.3. The summed E-state index contributed by atoms with van der Waals surface area (Å²) in [6.45, 7) is 5.13. The van der Waals surface area contributed by atoms with E-state index in [4.69, 9.17) is 4.74 Å². The van der Waals surface area contributed by atoms with Crippen molar-refractivity contribution in [1.82, 2.24) is 14.7 Å². The number of anilines is 2. The van der Waals surface area contributed by atoms with E-state index in [-0.39, 0.29) is 6.03 Å². The molecule has 2 amide bonds. The third kappa shape index (κ3) is 6.46. The first kappa shape index (κ1) is 20.7. The molecular formula is C22H25N7O2. The standard InChI is InChI=1S/C22H25N7O2/c30-22(25-21-16-23-29(17-21)11-10-28-12-14-31-15-13-28)24-18-6-8-20(9-7-18)27-26-19-4-2-1-3-5-19/h1-9,16-17H,10-15H2,(H2,24,25,30). The second kappa shape index (κ2) is 10.5. The first-order valence-corrected chi connectivity index (χ1v) is 10.2. The number of ether oxygens (including phenoxy) is 1. The summed E-state index contributed by atoms with van der Waals surface area (Å²) in [6.07, 6.45) is 3.47. The van der Waals surface area contributed by atoms with E-state index in [2.05, 4.69) is 30.9 Å². The van der Waals surface area contributed by atoms with Crippen molar-refractivity contribution in [1.29, 1.82) is 0 Å². The number of rotatable bonds is 7. The molecule has 0 unspecified atom stereocenters. The van der Waals surface area contributed by atoms with Crippen LogP contribution in [0.1, 0.15) is 0 Å². The summed E-state index contributed by atoms with van der Waals surface area (Å²) < 4.78 is 7.19. The molecule has 4 rings (SSSR count). The number of morpholine rings is 1. The summed E-state index contributed by atoms with van der Waals surface area (Å²) in [7, 11) is 0. The molecule has 9 heteroatoms. The van der Waals surface area contributed by atoms with Crippen LogP contribution in [-0.4, -0.2) is 53.6 Å². The first-order chi connectivity index (χ1) is 15.2. The number of aromatic nitrogens is 2. The maximum atomic E-state index is 12.3. The minimum absolute atomic E-state index is 0.327. The van der Waals surface area contributed by atoms with Crippen molar-refractivity contribution in [2.75, 3.05) is 43.5 Å². The number of urea groups is 1. The fraction of sp³-hybridized carbons (Fsp3) is 0.273. The van der Waals surface area contributed by atoms with Crippen LogP contribution >= 0.6 is 0 Å². The molecule has 0 atom stereocenters. The largest absolute Gasteiger partial charge is 0.379 e. The molecule has 1 aliphatic rings. The lowest BCUT2D eigenvalue weighted by molar-refractivity contribution is 0.0360. The maximum absolute atomic E-state index is 12.3. The van der Waals surface area contributed by atoms with Crippen LogP contribution < -0.4 is 10.6 Å². The van der Waals surface area contributed by atoms with Crippen LogP contribution in [0.3, 0.4) is 0 Å². The topological polar surface area (TPSA) is 96.1 Å². The molecule has 0 spiro atoms. The second-order valence-corrected chi connectivity index (χ2v) is 7.11. The normalized spacial score (nSPS) is 14.6. The van der Waals surface area contributed by atoms with Crippen molar-refractivity contribution in [2.45, 2.75) is 6.54 Å². The molecule has 3 aromatic rings. The highest BCUT2D eigenvalue weighted by atomic mass is 16.5. The van der Waals surface area contributed by atoms with Gasteiger partial charge in [0.15, 0.2) is 0 Å². The Balaban J connectivity index is 1.24. The Labute approximate surface area is 180 Å². The van der Waals surface area contributed by atoms with E-state index >= 15 is 0 Å². The fourth-order valence-corrected chi connectivity index (χ4v) is 3.13. The summed E-state index contributed by atoms with van der Waals surface area (Å²) >= 11 is 0. The Bertz CT molecular complexity index is 996. The van der Waals surface area contributed by atoms with Crippen molar-refractivity contribution in [3.05, 3.63) is 67.0 Å². The van der Waals surface area contributed by atoms with Gasteiger partial charge in [-0.3, -0.25) is 9.58 Å². The molecule has 2 aromatic carbocycles. The number of carbonyl (C=O) groups excluding carboxylic acids is 1. The lowest BCUT2D eigenvalue weighted by atomic mass is 10.3. The van der Waals surface area contributed by atoms with Crippen LogP contribution in [0.25, 0.3) is 0 Å². The van der Waals surface area contributed by atoms with Crippen molar-refractivity contribution in [3.8, 4) is 0 Å². The van der Waals surface area contributed by atoms with Gasteiger partial charge in [0.1, 0.15) is 0 Å². The van der Waals surface area contributed by atoms with Gasteiger partial charge in [0, 0.05) is 31.5 Å². The van der Waals surface area contributed by atoms with Gasteiger partial charge in [-0.05, 0) is 36.4 Å². The number of carbonyl (C=O) groups is 1. The van der Waals surface area contributed by atoms with E-state index in [0.717, 1.165) is 45.1 Å². The highest BCUT2D eigenvalue weighted by Gasteiger charge is 2.10. The Morgan fingerprint density at radius 1 is 0.903 bits per heavy atom. The third-order valence-corrected chi connectivity index (χ3v) is 4.80. The predicted octanol–water partition coefficient (Wildman–Crippen LogP) is 4.27. The zero-order valence-corrected chi connectivity index (χ0v) is 17.1. The van der Waals surface area contributed by atoms with Crippen LogP contribution in [0.4, 0.5) is 27.5 Å². The first-order valence-electron chi connectivity index (χ1n) is 10.2. The Morgan fingerprint density at radius 2 is 1.58 bits per heavy atom. The van der Waals surface area contributed by atoms with Gasteiger partial charge >= 0.3 is 6.03 Å². The van der Waals surface area contributed by atoms with Gasteiger partial charge in [-0.25, -0.2) is 4.79 Å². The molecule has 2 N–H and O–H groups in total. The summed E-state index contributed by atoms with van der Waals surface area (Å²) in [4.78, 5) is 14.6. The molecular weight excluding hydrogens is 394 g/mol. The number of nitrogens with one attached hydrogen (secondary N) is 2. The van der Waals surface area contributed by atoms with E-state index in [1.54, 1.807) is 30.5 Å². The third-order valence-electron chi connectivity index (χ3n) is 4.80. The Morgan fingerprint density at radius 3 is 2.32 bits per heavy atom. The van der Waals surface area contributed by atoms with E-state index in [9.17, 15) is 4.79 Å². The monoisotopic (exact) mass is 419 g/mol. The predicted molar refractivity (Wildman–Crippen MR) is 119 cm³/mol. The van der Waals surface area contributed by atoms with Crippen LogP contribution in [0, 0.1) is 0 Å². The number of azo groups is 1. The molecule has 31 heavy (non-hydrogen) atoms. The molecule has 0 aliphatic carbocycles. The molecule has 2 heterocycles. The van der Waals surface area contributed by atoms with Gasteiger partial charge in [-0.1, -0.05) is 18.2 Å². The molecule has 0 bridgehead atoms. The van der Waals surface area contributed by atoms with Crippen LogP contribution in [0.15, 0.2) is 77.2 Å². The van der Waals surface area contributed by atoms with Crippen LogP contribution in [-0.2, 0) is 11.3 Å². The van der Waals surface area contributed by atoms with Gasteiger partial charge in [0.05, 0.1) is 43.0 Å². The molecule has 0 radical (unpaired) electrons. The summed E-state index contributed by atoms with van der Waals surface area (Å²) in [6, 6.07) is 16.4. The van der Waals surface area contributed by atoms with E-state index in [1.807, 2.05) is 41.2 Å². The number of amides is 2. The average molecular weight is 419 g/mol. The maximum Gasteiger partial charge on any atom is 0.323 e. The minimum Gasteiger partial charge on any atom is -0.379 e. The zero-order chi connectivity index (χ0) is 21.3. The second-order valence-electron chi connectivity index (χ2n) is 7.11. The number of hydrogen-bond acceptors (Lipinski definition) is 6. The van der Waals surface area contributed by atoms with Crippen LogP contribution in [0.5, 0.6) is 0 Å². The van der Waals surface area contributed by atoms with Crippen molar-refractivity contribution in [3.63, 3.8) is 0 Å². The van der Waals surface area contributed by atoms with Gasteiger partial charge in [0.25, 0.3) is 0 Å². The van der Waals surface area contributed by atoms with E-state index in [0.29, 0.717) is 17.1 Å². The van der Waals surface area contributed by atoms with Crippen molar-refractivity contribution >= 4 is 28.8 Å². The van der Waals surface area contributed by atoms with Crippen LogP contribution in [0.2, 0.25) is 0 Å². The molecule has 9 nitrogen and oxygen atoms in total. The van der Waals surface area contributed by atoms with Gasteiger partial charge in [-0.2, -0.15) is 15.3 Å². The molecule has 1 saturated heterocycles. The quantitative estimate of drug-likeness (QED) is 0.559. The number of hydrogen-bond donors (Lipinski definition) is 2. The fourth-order valence-electron chi connectivity index (χ4n) is 3.13. The molecule has 160 valence electrons. The summed E-state index contributed by atoms with van der Waals surface area (Å²) in [5.41, 5.74) is 2.80. The summed E-state index contributed by atoms with van der Waals surface area (Å²) in [5.74, 6) is 0. The highest BCUT2D eigenvalue weighted by Crippen LogP contribution is 2.20. The van der Waals surface area contributed by atoms with Gasteiger partial charge < -0.3 is 15.4 Å².